The fraction of sp³-hybridized carbons (Fsp3) is 0.688. The summed E-state index contributed by atoms with van der Waals surface area (Å²) < 4.78 is 18.0. The summed E-state index contributed by atoms with van der Waals surface area (Å²) in [6, 6.07) is 0. The zero-order chi connectivity index (χ0) is 17.1. The monoisotopic (exact) mass is 327 g/mol. The van der Waals surface area contributed by atoms with Crippen LogP contribution in [0.1, 0.15) is 40.5 Å². The second-order valence-electron chi connectivity index (χ2n) is 4.90. The molecule has 126 valence electrons. The van der Waals surface area contributed by atoms with Gasteiger partial charge >= 0.3 is 8.80 Å². The van der Waals surface area contributed by atoms with Gasteiger partial charge in [-0.15, -0.1) is 13.2 Å². The number of hydrogen-bond donors (Lipinski definition) is 0. The lowest BCUT2D eigenvalue weighted by Crippen LogP contribution is -2.67. The first-order valence-corrected chi connectivity index (χ1v) is 9.49. The van der Waals surface area contributed by atoms with Gasteiger partial charge in [-0.1, -0.05) is 19.1 Å². The molecule has 0 radical (unpaired) electrons. The van der Waals surface area contributed by atoms with Crippen LogP contribution in [0.2, 0.25) is 0 Å². The van der Waals surface area contributed by atoms with E-state index in [2.05, 4.69) is 18.2 Å². The second kappa shape index (κ2) is 10.6. The fourth-order valence-electron chi connectivity index (χ4n) is 2.67. The van der Waals surface area contributed by atoms with Crippen molar-refractivity contribution in [2.75, 3.05) is 19.8 Å². The van der Waals surface area contributed by atoms with Crippen LogP contribution in [0.15, 0.2) is 30.3 Å². The molecule has 0 heterocycles. The average molecular weight is 327 g/mol. The first-order chi connectivity index (χ1) is 10.5. The Bertz CT molecular complexity index is 379. The molecule has 0 aromatic rings. The minimum atomic E-state index is -3.27. The van der Waals surface area contributed by atoms with Crippen molar-refractivity contribution in [3.05, 3.63) is 25.3 Å². The third kappa shape index (κ3) is 4.48. The molecular formula is C16H29NO4Si. The summed E-state index contributed by atoms with van der Waals surface area (Å²) in [6.45, 7) is 16.5. The Morgan fingerprint density at radius 1 is 1.14 bits per heavy atom. The normalized spacial score (nSPS) is 15.5. The highest BCUT2D eigenvalue weighted by atomic mass is 28.4. The summed E-state index contributed by atoms with van der Waals surface area (Å²) in [5.41, 5.74) is 0. The van der Waals surface area contributed by atoms with E-state index in [9.17, 15) is 4.79 Å². The smallest absolute Gasteiger partial charge is 0.372 e. The molecule has 5 nitrogen and oxygen atoms in total. The van der Waals surface area contributed by atoms with Crippen LogP contribution in [-0.2, 0) is 18.1 Å². The van der Waals surface area contributed by atoms with Crippen LogP contribution in [0.25, 0.3) is 0 Å². The lowest BCUT2D eigenvalue weighted by molar-refractivity contribution is 0.0353. The Labute approximate surface area is 135 Å². The van der Waals surface area contributed by atoms with Crippen LogP contribution in [0, 0.1) is 5.92 Å². The molecule has 0 bridgehead atoms. The van der Waals surface area contributed by atoms with Gasteiger partial charge in [0.25, 0.3) is 0 Å². The van der Waals surface area contributed by atoms with Gasteiger partial charge in [-0.05, 0) is 39.5 Å². The van der Waals surface area contributed by atoms with Gasteiger partial charge in [0.2, 0.25) is 6.08 Å². The van der Waals surface area contributed by atoms with Gasteiger partial charge in [0.15, 0.2) is 0 Å². The number of allylic oxidation sites excluding steroid dienone is 1. The van der Waals surface area contributed by atoms with Gasteiger partial charge in [-0.25, -0.2) is 4.79 Å². The number of isocyanates is 1. The molecule has 0 fully saturated rings. The summed E-state index contributed by atoms with van der Waals surface area (Å²) in [4.78, 5) is 15.3. The zero-order valence-electron chi connectivity index (χ0n) is 14.3. The minimum Gasteiger partial charge on any atom is -0.372 e. The standard InChI is InChI=1S/C16H29NO4Si/c1-7-12-15(6)16(13-8-2,17-14-18)22(19-9-3,20-10-4)21-11-5/h7-8,15H,1-2,9-13H2,3-6H3. The van der Waals surface area contributed by atoms with E-state index in [4.69, 9.17) is 13.3 Å². The van der Waals surface area contributed by atoms with Crippen molar-refractivity contribution in [2.45, 2.75) is 45.7 Å². The topological polar surface area (TPSA) is 57.1 Å². The third-order valence-electron chi connectivity index (χ3n) is 3.57. The van der Waals surface area contributed by atoms with Gasteiger partial charge in [0.05, 0.1) is 0 Å². The molecular weight excluding hydrogens is 298 g/mol. The van der Waals surface area contributed by atoms with E-state index in [0.29, 0.717) is 32.7 Å². The molecule has 0 N–H and O–H groups in total. The van der Waals surface area contributed by atoms with Crippen LogP contribution < -0.4 is 0 Å². The molecule has 2 unspecified atom stereocenters. The predicted octanol–water partition coefficient (Wildman–Crippen LogP) is 3.44. The third-order valence-corrected chi connectivity index (χ3v) is 7.44. The highest BCUT2D eigenvalue weighted by molar-refractivity contribution is 6.64. The van der Waals surface area contributed by atoms with Crippen LogP contribution in [0.5, 0.6) is 0 Å². The van der Waals surface area contributed by atoms with E-state index in [1.54, 1.807) is 18.2 Å². The zero-order valence-corrected chi connectivity index (χ0v) is 15.3. The summed E-state index contributed by atoms with van der Waals surface area (Å²) >= 11 is 0. The maximum absolute atomic E-state index is 11.2. The molecule has 0 amide bonds. The SMILES string of the molecule is C=CCC(C)C(CC=C)(N=C=O)[Si](OCC)(OCC)OCC. The lowest BCUT2D eigenvalue weighted by Gasteiger charge is -2.44. The van der Waals surface area contributed by atoms with Gasteiger partial charge in [0, 0.05) is 19.8 Å². The largest absolute Gasteiger partial charge is 0.531 e. The van der Waals surface area contributed by atoms with E-state index in [0.717, 1.165) is 0 Å². The van der Waals surface area contributed by atoms with E-state index >= 15 is 0 Å². The minimum absolute atomic E-state index is 0.0548. The van der Waals surface area contributed by atoms with Gasteiger partial charge in [-0.3, -0.25) is 0 Å². The Morgan fingerprint density at radius 2 is 1.64 bits per heavy atom. The molecule has 22 heavy (non-hydrogen) atoms. The molecule has 0 aromatic carbocycles. The maximum Gasteiger partial charge on any atom is 0.531 e. The Morgan fingerprint density at radius 3 is 1.95 bits per heavy atom. The molecule has 0 aromatic heterocycles. The molecule has 0 saturated heterocycles. The van der Waals surface area contributed by atoms with Crippen molar-refractivity contribution >= 4 is 14.9 Å². The first kappa shape index (κ1) is 21.0. The Kier molecular flexibility index (Phi) is 10.1. The molecule has 0 spiro atoms. The van der Waals surface area contributed by atoms with Gasteiger partial charge < -0.3 is 13.3 Å². The number of nitrogens with zero attached hydrogens (tertiary/aromatic N) is 1. The van der Waals surface area contributed by atoms with E-state index in [1.165, 1.54) is 0 Å². The van der Waals surface area contributed by atoms with E-state index < -0.39 is 14.0 Å². The molecule has 6 heteroatoms. The number of hydrogen-bond acceptors (Lipinski definition) is 5. The number of rotatable bonds is 13. The summed E-state index contributed by atoms with van der Waals surface area (Å²) in [6.07, 6.45) is 6.29. The lowest BCUT2D eigenvalue weighted by atomic mass is 9.95. The number of aliphatic imine (C=N–C) groups is 1. The molecule has 0 aliphatic heterocycles. The highest BCUT2D eigenvalue weighted by Crippen LogP contribution is 2.40. The average Bonchev–Trinajstić information content (AvgIpc) is 2.47. The Balaban J connectivity index is 6.24. The summed E-state index contributed by atoms with van der Waals surface area (Å²) in [5, 5.41) is -0.938. The van der Waals surface area contributed by atoms with Crippen LogP contribution in [0.4, 0.5) is 0 Å². The molecule has 0 rings (SSSR count). The van der Waals surface area contributed by atoms with Gasteiger partial charge in [-0.2, -0.15) is 4.99 Å². The highest BCUT2D eigenvalue weighted by Gasteiger charge is 2.63. The van der Waals surface area contributed by atoms with Gasteiger partial charge in [0.1, 0.15) is 5.16 Å². The van der Waals surface area contributed by atoms with Crippen LogP contribution in [-0.4, -0.2) is 39.9 Å². The second-order valence-corrected chi connectivity index (χ2v) is 7.75. The van der Waals surface area contributed by atoms with Crippen molar-refractivity contribution < 1.29 is 18.1 Å². The van der Waals surface area contributed by atoms with E-state index in [-0.39, 0.29) is 5.92 Å². The van der Waals surface area contributed by atoms with Crippen molar-refractivity contribution in [2.24, 2.45) is 10.9 Å². The molecule has 2 atom stereocenters. The predicted molar refractivity (Wildman–Crippen MR) is 90.3 cm³/mol. The first-order valence-electron chi connectivity index (χ1n) is 7.76. The fourth-order valence-corrected chi connectivity index (χ4v) is 6.11. The summed E-state index contributed by atoms with van der Waals surface area (Å²) in [5.74, 6) is -0.0548. The molecule has 0 saturated carbocycles. The van der Waals surface area contributed by atoms with Crippen LogP contribution in [0.3, 0.4) is 0 Å². The van der Waals surface area contributed by atoms with E-state index in [1.807, 2.05) is 27.7 Å². The quantitative estimate of drug-likeness (QED) is 0.225. The molecule has 0 aliphatic rings. The maximum atomic E-state index is 11.2. The van der Waals surface area contributed by atoms with Crippen molar-refractivity contribution in [3.8, 4) is 0 Å². The Hall–Kier alpha value is -1.04. The van der Waals surface area contributed by atoms with Crippen molar-refractivity contribution in [1.82, 2.24) is 0 Å². The molecule has 0 aliphatic carbocycles. The van der Waals surface area contributed by atoms with Crippen molar-refractivity contribution in [3.63, 3.8) is 0 Å². The van der Waals surface area contributed by atoms with Crippen LogP contribution >= 0.6 is 0 Å². The summed E-state index contributed by atoms with van der Waals surface area (Å²) in [7, 11) is -3.27. The van der Waals surface area contributed by atoms with Crippen molar-refractivity contribution in [1.29, 1.82) is 0 Å². The number of carbonyl (C=O) groups excluding carboxylic acids is 1.